The van der Waals surface area contributed by atoms with Crippen LogP contribution in [-0.4, -0.2) is 35.0 Å². The molecule has 120 valence electrons. The average Bonchev–Trinajstić information content (AvgIpc) is 2.54. The second-order valence-electron chi connectivity index (χ2n) is 4.85. The van der Waals surface area contributed by atoms with Crippen molar-refractivity contribution in [1.29, 1.82) is 0 Å². The summed E-state index contributed by atoms with van der Waals surface area (Å²) in [4.78, 5) is 27.5. The van der Waals surface area contributed by atoms with Gasteiger partial charge in [0.2, 0.25) is 0 Å². The third-order valence-electron chi connectivity index (χ3n) is 3.13. The Bertz CT molecular complexity index is 734. The number of hydrogen-bond acceptors (Lipinski definition) is 4. The Hall–Kier alpha value is -2.60. The molecule has 0 fully saturated rings. The minimum atomic E-state index is -0.504. The number of rotatable bonds is 5. The lowest BCUT2D eigenvalue weighted by atomic mass is 10.1. The Labute approximate surface area is 138 Å². The number of carbonyl (C=O) groups excluding carboxylic acids is 2. The van der Waals surface area contributed by atoms with E-state index < -0.39 is 5.91 Å². The van der Waals surface area contributed by atoms with Crippen molar-refractivity contribution in [2.45, 2.75) is 6.92 Å². The molecule has 6 nitrogen and oxygen atoms in total. The summed E-state index contributed by atoms with van der Waals surface area (Å²) in [7, 11) is 0. The van der Waals surface area contributed by atoms with Crippen LogP contribution in [0.5, 0.6) is 5.75 Å². The van der Waals surface area contributed by atoms with Crippen molar-refractivity contribution in [3.8, 4) is 5.75 Å². The van der Waals surface area contributed by atoms with Gasteiger partial charge in [-0.15, -0.1) is 0 Å². The van der Waals surface area contributed by atoms with E-state index in [1.807, 2.05) is 6.92 Å². The Morgan fingerprint density at radius 1 is 1.17 bits per heavy atom. The predicted octanol–water partition coefficient (Wildman–Crippen LogP) is 1.91. The van der Waals surface area contributed by atoms with Gasteiger partial charge in [-0.3, -0.25) is 9.59 Å². The fourth-order valence-corrected chi connectivity index (χ4v) is 2.02. The van der Waals surface area contributed by atoms with Gasteiger partial charge < -0.3 is 15.7 Å². The van der Waals surface area contributed by atoms with E-state index in [1.54, 1.807) is 18.2 Å². The van der Waals surface area contributed by atoms with Gasteiger partial charge in [0.25, 0.3) is 11.8 Å². The molecule has 0 atom stereocenters. The molecule has 0 aliphatic rings. The van der Waals surface area contributed by atoms with Gasteiger partial charge in [-0.25, -0.2) is 4.98 Å². The number of aryl methyl sites for hydroxylation is 1. The van der Waals surface area contributed by atoms with E-state index in [-0.39, 0.29) is 30.4 Å². The van der Waals surface area contributed by atoms with E-state index in [9.17, 15) is 14.7 Å². The maximum absolute atomic E-state index is 11.9. The summed E-state index contributed by atoms with van der Waals surface area (Å²) in [6.45, 7) is 2.30. The van der Waals surface area contributed by atoms with Crippen LogP contribution in [-0.2, 0) is 0 Å². The number of aromatic nitrogens is 1. The van der Waals surface area contributed by atoms with Crippen LogP contribution in [0.3, 0.4) is 0 Å². The summed E-state index contributed by atoms with van der Waals surface area (Å²) in [5, 5.41) is 15.3. The van der Waals surface area contributed by atoms with E-state index in [2.05, 4.69) is 15.6 Å². The first-order valence-electron chi connectivity index (χ1n) is 6.95. The van der Waals surface area contributed by atoms with Crippen LogP contribution >= 0.6 is 11.6 Å². The molecule has 3 N–H and O–H groups in total. The average molecular weight is 334 g/mol. The molecule has 0 spiro atoms. The van der Waals surface area contributed by atoms with Crippen molar-refractivity contribution < 1.29 is 14.7 Å². The molecule has 0 unspecified atom stereocenters. The smallest absolute Gasteiger partial charge is 0.273 e. The predicted molar refractivity (Wildman–Crippen MR) is 86.8 cm³/mol. The minimum absolute atomic E-state index is 0.0517. The van der Waals surface area contributed by atoms with Crippen LogP contribution in [0.15, 0.2) is 36.5 Å². The van der Waals surface area contributed by atoms with E-state index in [0.29, 0.717) is 10.6 Å². The lowest BCUT2D eigenvalue weighted by Gasteiger charge is -2.08. The molecule has 2 aromatic rings. The van der Waals surface area contributed by atoms with Gasteiger partial charge in [-0.1, -0.05) is 17.7 Å². The van der Waals surface area contributed by atoms with Crippen molar-refractivity contribution in [2.75, 3.05) is 13.1 Å². The second kappa shape index (κ2) is 7.60. The molecule has 1 aromatic carbocycles. The first kappa shape index (κ1) is 16.8. The molecule has 2 amide bonds. The first-order valence-corrected chi connectivity index (χ1v) is 7.33. The van der Waals surface area contributed by atoms with Crippen molar-refractivity contribution >= 4 is 23.4 Å². The number of carbonyl (C=O) groups is 2. The molecule has 1 aromatic heterocycles. The monoisotopic (exact) mass is 333 g/mol. The molecule has 0 radical (unpaired) electrons. The highest BCUT2D eigenvalue weighted by molar-refractivity contribution is 6.31. The Morgan fingerprint density at radius 3 is 2.52 bits per heavy atom. The van der Waals surface area contributed by atoms with Gasteiger partial charge in [-0.05, 0) is 36.8 Å². The third-order valence-corrected chi connectivity index (χ3v) is 3.54. The molecule has 7 heteroatoms. The molecule has 0 aliphatic heterocycles. The highest BCUT2D eigenvalue weighted by Crippen LogP contribution is 2.16. The topological polar surface area (TPSA) is 91.3 Å². The van der Waals surface area contributed by atoms with Gasteiger partial charge in [0.15, 0.2) is 5.69 Å². The second-order valence-corrected chi connectivity index (χ2v) is 5.25. The molecule has 2 rings (SSSR count). The highest BCUT2D eigenvalue weighted by Gasteiger charge is 2.11. The highest BCUT2D eigenvalue weighted by atomic mass is 35.5. The van der Waals surface area contributed by atoms with Gasteiger partial charge in [0, 0.05) is 29.9 Å². The van der Waals surface area contributed by atoms with Crippen LogP contribution in [0.2, 0.25) is 5.02 Å². The SMILES string of the molecule is Cc1ccc(C(=O)NCCNC(=O)c2ncccc2O)cc1Cl. The van der Waals surface area contributed by atoms with Crippen LogP contribution < -0.4 is 10.6 Å². The fraction of sp³-hybridized carbons (Fsp3) is 0.188. The molecule has 0 aliphatic carbocycles. The number of nitrogens with one attached hydrogen (secondary N) is 2. The number of amides is 2. The normalized spacial score (nSPS) is 10.2. The summed E-state index contributed by atoms with van der Waals surface area (Å²) >= 11 is 5.98. The Balaban J connectivity index is 1.81. The molecule has 0 saturated carbocycles. The van der Waals surface area contributed by atoms with E-state index in [0.717, 1.165) is 5.56 Å². The van der Waals surface area contributed by atoms with Crippen molar-refractivity contribution in [2.24, 2.45) is 0 Å². The maximum Gasteiger partial charge on any atom is 0.273 e. The summed E-state index contributed by atoms with van der Waals surface area (Å²) in [5.74, 6) is -0.971. The zero-order chi connectivity index (χ0) is 16.8. The van der Waals surface area contributed by atoms with Crippen molar-refractivity contribution in [1.82, 2.24) is 15.6 Å². The minimum Gasteiger partial charge on any atom is -0.505 e. The molecular formula is C16H16ClN3O3. The van der Waals surface area contributed by atoms with Crippen LogP contribution in [0.1, 0.15) is 26.4 Å². The number of aromatic hydroxyl groups is 1. The largest absolute Gasteiger partial charge is 0.505 e. The molecule has 1 heterocycles. The van der Waals surface area contributed by atoms with Gasteiger partial charge in [0.05, 0.1) is 0 Å². The maximum atomic E-state index is 11.9. The van der Waals surface area contributed by atoms with Crippen LogP contribution in [0.4, 0.5) is 0 Å². The van der Waals surface area contributed by atoms with Crippen molar-refractivity contribution in [3.05, 3.63) is 58.4 Å². The van der Waals surface area contributed by atoms with E-state index in [4.69, 9.17) is 11.6 Å². The fourth-order valence-electron chi connectivity index (χ4n) is 1.84. The Kier molecular flexibility index (Phi) is 5.54. The summed E-state index contributed by atoms with van der Waals surface area (Å²) < 4.78 is 0. The van der Waals surface area contributed by atoms with Crippen molar-refractivity contribution in [3.63, 3.8) is 0 Å². The number of halogens is 1. The third kappa shape index (κ3) is 4.43. The molecule has 0 bridgehead atoms. The van der Waals surface area contributed by atoms with E-state index >= 15 is 0 Å². The van der Waals surface area contributed by atoms with E-state index in [1.165, 1.54) is 18.3 Å². The van der Waals surface area contributed by atoms with Gasteiger partial charge >= 0.3 is 0 Å². The molecule has 23 heavy (non-hydrogen) atoms. The quantitative estimate of drug-likeness (QED) is 0.729. The number of hydrogen-bond donors (Lipinski definition) is 3. The standard InChI is InChI=1S/C16H16ClN3O3/c1-10-4-5-11(9-12(10)17)15(22)19-7-8-20-16(23)14-13(21)3-2-6-18-14/h2-6,9,21H,7-8H2,1H3,(H,19,22)(H,20,23). The van der Waals surface area contributed by atoms with Gasteiger partial charge in [0.1, 0.15) is 5.75 Å². The van der Waals surface area contributed by atoms with Crippen LogP contribution in [0.25, 0.3) is 0 Å². The number of nitrogens with zero attached hydrogens (tertiary/aromatic N) is 1. The zero-order valence-corrected chi connectivity index (χ0v) is 13.2. The number of pyridine rings is 1. The lowest BCUT2D eigenvalue weighted by Crippen LogP contribution is -2.35. The van der Waals surface area contributed by atoms with Gasteiger partial charge in [-0.2, -0.15) is 0 Å². The molecule has 0 saturated heterocycles. The first-order chi connectivity index (χ1) is 11.0. The lowest BCUT2D eigenvalue weighted by molar-refractivity contribution is 0.0923. The summed E-state index contributed by atoms with van der Waals surface area (Å²) in [6, 6.07) is 7.95. The number of benzene rings is 1. The summed E-state index contributed by atoms with van der Waals surface area (Å²) in [5.41, 5.74) is 1.30. The summed E-state index contributed by atoms with van der Waals surface area (Å²) in [6.07, 6.45) is 1.41. The Morgan fingerprint density at radius 2 is 1.87 bits per heavy atom. The molecular weight excluding hydrogens is 318 g/mol. The zero-order valence-electron chi connectivity index (χ0n) is 12.5. The van der Waals surface area contributed by atoms with Crippen LogP contribution in [0, 0.1) is 6.92 Å².